The Balaban J connectivity index is 3.46. The van der Waals surface area contributed by atoms with E-state index in [-0.39, 0.29) is 5.82 Å². The van der Waals surface area contributed by atoms with Crippen molar-refractivity contribution in [3.63, 3.8) is 0 Å². The molecule has 60 valence electrons. The summed E-state index contributed by atoms with van der Waals surface area (Å²) in [6, 6.07) is 1.58. The van der Waals surface area contributed by atoms with Crippen LogP contribution in [0.5, 0.6) is 0 Å². The zero-order valence-electron chi connectivity index (χ0n) is 5.59. The minimum atomic E-state index is -0.277. The monoisotopic (exact) mass is 300 g/mol. The number of hydrogen-bond donors (Lipinski definition) is 0. The summed E-state index contributed by atoms with van der Waals surface area (Å²) in [5.74, 6) is -0.277. The fraction of sp³-hybridized carbons (Fsp3) is 0.143. The van der Waals surface area contributed by atoms with E-state index >= 15 is 0 Å². The molecule has 0 aliphatic carbocycles. The van der Waals surface area contributed by atoms with Crippen LogP contribution in [-0.2, 0) is 0 Å². The summed E-state index contributed by atoms with van der Waals surface area (Å²) in [5, 5.41) is 0.510. The molecule has 0 nitrogen and oxygen atoms in total. The lowest BCUT2D eigenvalue weighted by Gasteiger charge is -2.03. The Morgan fingerprint density at radius 3 is 2.45 bits per heavy atom. The van der Waals surface area contributed by atoms with Crippen molar-refractivity contribution in [3.05, 3.63) is 31.4 Å². The molecule has 1 aromatic carbocycles. The smallest absolute Gasteiger partial charge is 0.141 e. The van der Waals surface area contributed by atoms with Crippen molar-refractivity contribution in [3.8, 4) is 0 Å². The van der Waals surface area contributed by atoms with Crippen molar-refractivity contribution in [1.82, 2.24) is 0 Å². The molecule has 0 aliphatic heterocycles. The molecule has 1 aromatic rings. The average molecular weight is 302 g/mol. The number of hydrogen-bond acceptors (Lipinski definition) is 0. The van der Waals surface area contributed by atoms with Crippen molar-refractivity contribution in [2.45, 2.75) is 6.92 Å². The second-order valence-corrected chi connectivity index (χ2v) is 4.11. The molecule has 0 radical (unpaired) electrons. The number of aryl methyl sites for hydroxylation is 1. The fourth-order valence-electron chi connectivity index (χ4n) is 0.691. The van der Waals surface area contributed by atoms with Gasteiger partial charge in [0.1, 0.15) is 5.82 Å². The largest absolute Gasteiger partial charge is 0.205 e. The topological polar surface area (TPSA) is 0 Å². The van der Waals surface area contributed by atoms with Crippen molar-refractivity contribution in [2.75, 3.05) is 0 Å². The molecule has 0 amide bonds. The molecule has 0 spiro atoms. The van der Waals surface area contributed by atoms with Gasteiger partial charge in [-0.05, 0) is 50.4 Å². The Bertz CT molecular complexity index is 273. The third-order valence-electron chi connectivity index (χ3n) is 1.28. The molecule has 0 saturated heterocycles. The van der Waals surface area contributed by atoms with Gasteiger partial charge in [0.15, 0.2) is 0 Å². The van der Waals surface area contributed by atoms with Gasteiger partial charge in [0.25, 0.3) is 0 Å². The molecule has 0 unspecified atom stereocenters. The van der Waals surface area contributed by atoms with Crippen molar-refractivity contribution in [1.29, 1.82) is 0 Å². The second kappa shape index (κ2) is 3.42. The van der Waals surface area contributed by atoms with Crippen LogP contribution in [0.4, 0.5) is 4.39 Å². The van der Waals surface area contributed by atoms with Gasteiger partial charge in [0, 0.05) is 0 Å². The first-order valence-electron chi connectivity index (χ1n) is 2.83. The van der Waals surface area contributed by atoms with Gasteiger partial charge in [-0.15, -0.1) is 0 Å². The lowest BCUT2D eigenvalue weighted by Crippen LogP contribution is -1.85. The minimum absolute atomic E-state index is 0.277. The van der Waals surface area contributed by atoms with Gasteiger partial charge in [0.05, 0.1) is 14.0 Å². The van der Waals surface area contributed by atoms with Crippen LogP contribution in [0.2, 0.25) is 5.02 Å². The number of rotatable bonds is 0. The SMILES string of the molecule is Cc1cc(Cl)c(Br)c(Br)c1F. The molecule has 4 heteroatoms. The lowest BCUT2D eigenvalue weighted by atomic mass is 10.2. The van der Waals surface area contributed by atoms with Crippen LogP contribution in [0.3, 0.4) is 0 Å². The van der Waals surface area contributed by atoms with Crippen LogP contribution >= 0.6 is 43.5 Å². The minimum Gasteiger partial charge on any atom is -0.205 e. The van der Waals surface area contributed by atoms with E-state index in [1.165, 1.54) is 0 Å². The zero-order valence-corrected chi connectivity index (χ0v) is 9.52. The second-order valence-electron chi connectivity index (χ2n) is 2.12. The van der Waals surface area contributed by atoms with Gasteiger partial charge >= 0.3 is 0 Å². The molecule has 0 bridgehead atoms. The summed E-state index contributed by atoms with van der Waals surface area (Å²) >= 11 is 12.0. The van der Waals surface area contributed by atoms with Crippen LogP contribution in [-0.4, -0.2) is 0 Å². The Morgan fingerprint density at radius 2 is 1.91 bits per heavy atom. The Kier molecular flexibility index (Phi) is 2.95. The standard InChI is InChI=1S/C7H4Br2ClF/c1-3-2-4(10)5(8)6(9)7(3)11/h2H,1H3. The van der Waals surface area contributed by atoms with Gasteiger partial charge in [-0.2, -0.15) is 0 Å². The van der Waals surface area contributed by atoms with E-state index in [4.69, 9.17) is 11.6 Å². The highest BCUT2D eigenvalue weighted by Gasteiger charge is 2.10. The molecule has 0 fully saturated rings. The summed E-state index contributed by atoms with van der Waals surface area (Å²) in [5.41, 5.74) is 0.532. The van der Waals surface area contributed by atoms with Crippen molar-refractivity contribution in [2.24, 2.45) is 0 Å². The quantitative estimate of drug-likeness (QED) is 0.495. The molecule has 0 aromatic heterocycles. The van der Waals surface area contributed by atoms with Crippen LogP contribution in [0, 0.1) is 12.7 Å². The Morgan fingerprint density at radius 1 is 1.36 bits per heavy atom. The van der Waals surface area contributed by atoms with E-state index in [1.54, 1.807) is 13.0 Å². The molecular weight excluding hydrogens is 298 g/mol. The third kappa shape index (κ3) is 1.76. The maximum Gasteiger partial charge on any atom is 0.141 e. The van der Waals surface area contributed by atoms with Crippen molar-refractivity contribution >= 4 is 43.5 Å². The van der Waals surface area contributed by atoms with Crippen molar-refractivity contribution < 1.29 is 4.39 Å². The maximum absolute atomic E-state index is 13.0. The predicted octanol–water partition coefficient (Wildman–Crippen LogP) is 4.31. The summed E-state index contributed by atoms with van der Waals surface area (Å²) in [4.78, 5) is 0. The van der Waals surface area contributed by atoms with Crippen LogP contribution in [0.25, 0.3) is 0 Å². The van der Waals surface area contributed by atoms with E-state index in [1.807, 2.05) is 0 Å². The Hall–Kier alpha value is 0.400. The molecule has 0 N–H and O–H groups in total. The summed E-state index contributed by atoms with van der Waals surface area (Å²) in [6.45, 7) is 1.67. The lowest BCUT2D eigenvalue weighted by molar-refractivity contribution is 0.610. The summed E-state index contributed by atoms with van der Waals surface area (Å²) in [6.07, 6.45) is 0. The average Bonchev–Trinajstić information content (AvgIpc) is 1.97. The zero-order chi connectivity index (χ0) is 8.59. The van der Waals surface area contributed by atoms with Gasteiger partial charge < -0.3 is 0 Å². The summed E-state index contributed by atoms with van der Waals surface area (Å²) in [7, 11) is 0. The fourth-order valence-corrected chi connectivity index (χ4v) is 1.88. The normalized spacial score (nSPS) is 10.3. The third-order valence-corrected chi connectivity index (χ3v) is 3.91. The van der Waals surface area contributed by atoms with E-state index in [9.17, 15) is 4.39 Å². The molecule has 11 heavy (non-hydrogen) atoms. The van der Waals surface area contributed by atoms with Crippen LogP contribution in [0.15, 0.2) is 15.0 Å². The highest BCUT2D eigenvalue weighted by atomic mass is 79.9. The van der Waals surface area contributed by atoms with Gasteiger partial charge in [-0.3, -0.25) is 0 Å². The van der Waals surface area contributed by atoms with Gasteiger partial charge in [0.2, 0.25) is 0 Å². The first-order valence-corrected chi connectivity index (χ1v) is 4.80. The van der Waals surface area contributed by atoms with Gasteiger partial charge in [-0.25, -0.2) is 4.39 Å². The number of halogens is 4. The first-order chi connectivity index (χ1) is 5.04. The first kappa shape index (κ1) is 9.49. The van der Waals surface area contributed by atoms with Crippen LogP contribution in [0.1, 0.15) is 5.56 Å². The molecule has 0 saturated carbocycles. The van der Waals surface area contributed by atoms with Crippen LogP contribution < -0.4 is 0 Å². The van der Waals surface area contributed by atoms with E-state index in [0.29, 0.717) is 19.5 Å². The molecule has 0 heterocycles. The molecule has 1 rings (SSSR count). The van der Waals surface area contributed by atoms with E-state index in [2.05, 4.69) is 31.9 Å². The summed E-state index contributed by atoms with van der Waals surface area (Å²) < 4.78 is 14.0. The highest BCUT2D eigenvalue weighted by Crippen LogP contribution is 2.34. The van der Waals surface area contributed by atoms with E-state index < -0.39 is 0 Å². The highest BCUT2D eigenvalue weighted by molar-refractivity contribution is 9.13. The molecular formula is C7H4Br2ClF. The van der Waals surface area contributed by atoms with Gasteiger partial charge in [-0.1, -0.05) is 11.6 Å². The maximum atomic E-state index is 13.0. The molecule has 0 atom stereocenters. The predicted molar refractivity (Wildman–Crippen MR) is 51.5 cm³/mol. The molecule has 0 aliphatic rings. The van der Waals surface area contributed by atoms with E-state index in [0.717, 1.165) is 0 Å². The number of benzene rings is 1. The Labute approximate surface area is 86.0 Å².